The zero-order chi connectivity index (χ0) is 18.8. The number of fused-ring (bicyclic) bond motifs is 1. The van der Waals surface area contributed by atoms with E-state index < -0.39 is 6.03 Å². The molecule has 1 heterocycles. The molecule has 4 amide bonds. The molecule has 0 unspecified atom stereocenters. The highest BCUT2D eigenvalue weighted by Crippen LogP contribution is 2.28. The predicted molar refractivity (Wildman–Crippen MR) is 101 cm³/mol. The van der Waals surface area contributed by atoms with E-state index in [0.29, 0.717) is 5.56 Å². The van der Waals surface area contributed by atoms with Crippen LogP contribution in [0.2, 0.25) is 0 Å². The molecule has 4 rings (SSSR count). The Hall–Kier alpha value is -3.15. The quantitative estimate of drug-likeness (QED) is 0.820. The molecule has 1 saturated heterocycles. The van der Waals surface area contributed by atoms with Crippen molar-refractivity contribution in [2.45, 2.75) is 32.2 Å². The third-order valence-electron chi connectivity index (χ3n) is 5.11. The van der Waals surface area contributed by atoms with Crippen molar-refractivity contribution in [3.8, 4) is 0 Å². The summed E-state index contributed by atoms with van der Waals surface area (Å²) in [5.74, 6) is -0.446. The Labute approximate surface area is 157 Å². The molecule has 0 atom stereocenters. The van der Waals surface area contributed by atoms with E-state index in [2.05, 4.69) is 16.7 Å². The van der Waals surface area contributed by atoms with Gasteiger partial charge < -0.3 is 10.6 Å². The van der Waals surface area contributed by atoms with Crippen LogP contribution in [0.15, 0.2) is 42.5 Å². The van der Waals surface area contributed by atoms with Gasteiger partial charge in [-0.3, -0.25) is 14.5 Å². The van der Waals surface area contributed by atoms with Crippen LogP contribution in [0, 0.1) is 0 Å². The average Bonchev–Trinajstić information content (AvgIpc) is 3.00. The molecule has 2 aromatic carbocycles. The lowest BCUT2D eigenvalue weighted by Crippen LogP contribution is -2.30. The van der Waals surface area contributed by atoms with Gasteiger partial charge in [0.05, 0.1) is 13.1 Å². The predicted octanol–water partition coefficient (Wildman–Crippen LogP) is 2.87. The normalized spacial score (nSPS) is 16.1. The summed E-state index contributed by atoms with van der Waals surface area (Å²) < 4.78 is 0. The van der Waals surface area contributed by atoms with Crippen LogP contribution in [0.25, 0.3) is 0 Å². The summed E-state index contributed by atoms with van der Waals surface area (Å²) in [6.07, 6.45) is 4.37. The van der Waals surface area contributed by atoms with Crippen molar-refractivity contribution in [3.63, 3.8) is 0 Å². The summed E-state index contributed by atoms with van der Waals surface area (Å²) in [5.41, 5.74) is 4.66. The van der Waals surface area contributed by atoms with E-state index in [9.17, 15) is 14.4 Å². The van der Waals surface area contributed by atoms with Gasteiger partial charge in [0.15, 0.2) is 0 Å². The Bertz CT molecular complexity index is 907. The standard InChI is InChI=1S/C21H21N3O3/c25-19-12-22-21(27)24(19)13-14-5-3-8-16(11-14)20(26)23-18-10-4-7-15-6-1-2-9-17(15)18/h3-5,7-8,10-11H,1-2,6,9,12-13H2,(H,22,27)(H,23,26). The molecule has 138 valence electrons. The van der Waals surface area contributed by atoms with Crippen molar-refractivity contribution in [1.29, 1.82) is 0 Å². The lowest BCUT2D eigenvalue weighted by Gasteiger charge is -2.19. The van der Waals surface area contributed by atoms with Crippen LogP contribution >= 0.6 is 0 Å². The zero-order valence-electron chi connectivity index (χ0n) is 15.0. The molecule has 0 radical (unpaired) electrons. The van der Waals surface area contributed by atoms with Crippen molar-refractivity contribution in [2.75, 3.05) is 11.9 Å². The lowest BCUT2D eigenvalue weighted by molar-refractivity contribution is -0.125. The SMILES string of the molecule is O=C(Nc1cccc2c1CCCC2)c1cccc(CN2C(=O)CNC2=O)c1. The maximum Gasteiger partial charge on any atom is 0.324 e. The Balaban J connectivity index is 1.51. The van der Waals surface area contributed by atoms with Gasteiger partial charge in [0.1, 0.15) is 0 Å². The van der Waals surface area contributed by atoms with Crippen LogP contribution < -0.4 is 10.6 Å². The van der Waals surface area contributed by atoms with Gasteiger partial charge in [-0.2, -0.15) is 0 Å². The molecule has 1 aliphatic heterocycles. The number of amides is 4. The Morgan fingerprint density at radius 2 is 1.89 bits per heavy atom. The first-order valence-electron chi connectivity index (χ1n) is 9.21. The minimum Gasteiger partial charge on any atom is -0.329 e. The fourth-order valence-corrected chi connectivity index (χ4v) is 3.70. The molecule has 0 aromatic heterocycles. The first kappa shape index (κ1) is 17.3. The minimum atomic E-state index is -0.397. The first-order valence-corrected chi connectivity index (χ1v) is 9.21. The molecule has 6 nitrogen and oxygen atoms in total. The van der Waals surface area contributed by atoms with Crippen molar-refractivity contribution >= 4 is 23.5 Å². The Morgan fingerprint density at radius 3 is 2.70 bits per heavy atom. The van der Waals surface area contributed by atoms with Crippen LogP contribution in [0.1, 0.15) is 39.9 Å². The average molecular weight is 363 g/mol. The molecule has 1 fully saturated rings. The van der Waals surface area contributed by atoms with Crippen molar-refractivity contribution in [1.82, 2.24) is 10.2 Å². The number of nitrogens with zero attached hydrogens (tertiary/aromatic N) is 1. The van der Waals surface area contributed by atoms with Crippen molar-refractivity contribution in [3.05, 3.63) is 64.7 Å². The molecule has 2 aromatic rings. The summed E-state index contributed by atoms with van der Waals surface area (Å²) in [5, 5.41) is 5.52. The fraction of sp³-hybridized carbons (Fsp3) is 0.286. The third-order valence-corrected chi connectivity index (χ3v) is 5.11. The number of carbonyl (C=O) groups excluding carboxylic acids is 3. The van der Waals surface area contributed by atoms with E-state index in [0.717, 1.165) is 35.4 Å². The molecule has 1 aliphatic carbocycles. The number of benzene rings is 2. The van der Waals surface area contributed by atoms with Crippen LogP contribution in [0.3, 0.4) is 0 Å². The molecular weight excluding hydrogens is 342 g/mol. The zero-order valence-corrected chi connectivity index (χ0v) is 15.0. The van der Waals surface area contributed by atoms with Gasteiger partial charge in [-0.1, -0.05) is 24.3 Å². The van der Waals surface area contributed by atoms with Gasteiger partial charge >= 0.3 is 6.03 Å². The topological polar surface area (TPSA) is 78.5 Å². The van der Waals surface area contributed by atoms with Gasteiger partial charge in [-0.25, -0.2) is 4.79 Å². The Morgan fingerprint density at radius 1 is 1.07 bits per heavy atom. The second-order valence-corrected chi connectivity index (χ2v) is 6.94. The smallest absolute Gasteiger partial charge is 0.324 e. The summed E-state index contributed by atoms with van der Waals surface area (Å²) >= 11 is 0. The van der Waals surface area contributed by atoms with Gasteiger partial charge in [0.25, 0.3) is 5.91 Å². The first-order chi connectivity index (χ1) is 13.1. The lowest BCUT2D eigenvalue weighted by atomic mass is 9.90. The summed E-state index contributed by atoms with van der Waals surface area (Å²) in [4.78, 5) is 37.4. The number of urea groups is 1. The van der Waals surface area contributed by atoms with Crippen molar-refractivity contribution in [2.24, 2.45) is 0 Å². The summed E-state index contributed by atoms with van der Waals surface area (Å²) in [7, 11) is 0. The van der Waals surface area contributed by atoms with E-state index in [1.54, 1.807) is 24.3 Å². The van der Waals surface area contributed by atoms with E-state index in [-0.39, 0.29) is 24.9 Å². The molecular formula is C21H21N3O3. The number of aryl methyl sites for hydroxylation is 1. The summed E-state index contributed by atoms with van der Waals surface area (Å²) in [6, 6.07) is 12.7. The van der Waals surface area contributed by atoms with Crippen molar-refractivity contribution < 1.29 is 14.4 Å². The van der Waals surface area contributed by atoms with E-state index in [1.165, 1.54) is 17.5 Å². The monoisotopic (exact) mass is 363 g/mol. The van der Waals surface area contributed by atoms with Gasteiger partial charge in [0.2, 0.25) is 5.91 Å². The molecule has 0 bridgehead atoms. The van der Waals surface area contributed by atoms with Crippen LogP contribution in [0.4, 0.5) is 10.5 Å². The highest BCUT2D eigenvalue weighted by atomic mass is 16.2. The van der Waals surface area contributed by atoms with Gasteiger partial charge in [-0.05, 0) is 60.6 Å². The number of carbonyl (C=O) groups is 3. The number of imide groups is 1. The Kier molecular flexibility index (Phi) is 4.62. The molecule has 2 N–H and O–H groups in total. The minimum absolute atomic E-state index is 0.0259. The number of hydrogen-bond acceptors (Lipinski definition) is 3. The fourth-order valence-electron chi connectivity index (χ4n) is 3.70. The van der Waals surface area contributed by atoms with Crippen LogP contribution in [-0.2, 0) is 24.2 Å². The number of rotatable bonds is 4. The van der Waals surface area contributed by atoms with Crippen LogP contribution in [0.5, 0.6) is 0 Å². The van der Waals surface area contributed by atoms with Crippen LogP contribution in [-0.4, -0.2) is 29.3 Å². The maximum atomic E-state index is 12.7. The number of nitrogens with one attached hydrogen (secondary N) is 2. The maximum absolute atomic E-state index is 12.7. The molecule has 27 heavy (non-hydrogen) atoms. The molecule has 0 saturated carbocycles. The van der Waals surface area contributed by atoms with Gasteiger partial charge in [0, 0.05) is 11.3 Å². The van der Waals surface area contributed by atoms with E-state index >= 15 is 0 Å². The number of hydrogen-bond donors (Lipinski definition) is 2. The van der Waals surface area contributed by atoms with E-state index in [4.69, 9.17) is 0 Å². The highest BCUT2D eigenvalue weighted by molar-refractivity contribution is 6.05. The molecule has 2 aliphatic rings. The largest absolute Gasteiger partial charge is 0.329 e. The second kappa shape index (κ2) is 7.23. The van der Waals surface area contributed by atoms with Gasteiger partial charge in [-0.15, -0.1) is 0 Å². The third kappa shape index (κ3) is 3.56. The highest BCUT2D eigenvalue weighted by Gasteiger charge is 2.28. The van der Waals surface area contributed by atoms with E-state index in [1.807, 2.05) is 12.1 Å². The number of anilines is 1. The second-order valence-electron chi connectivity index (χ2n) is 6.94. The molecule has 6 heteroatoms. The molecule has 0 spiro atoms. The summed E-state index contributed by atoms with van der Waals surface area (Å²) in [6.45, 7) is 0.185.